The minimum Gasteiger partial charge on any atom is -0.300 e. The number of hydrogen-bond donors (Lipinski definition) is 0. The van der Waals surface area contributed by atoms with Crippen molar-refractivity contribution in [1.29, 1.82) is 0 Å². The van der Waals surface area contributed by atoms with Gasteiger partial charge in [0.15, 0.2) is 0 Å². The summed E-state index contributed by atoms with van der Waals surface area (Å²) >= 11 is 0. The fourth-order valence-electron chi connectivity index (χ4n) is 4.44. The molecule has 0 atom stereocenters. The van der Waals surface area contributed by atoms with Crippen LogP contribution in [0.4, 0.5) is 4.39 Å². The quantitative estimate of drug-likeness (QED) is 0.428. The topological polar surface area (TPSA) is 51.0 Å². The maximum atomic E-state index is 13.6. The van der Waals surface area contributed by atoms with Gasteiger partial charge in [-0.1, -0.05) is 30.3 Å². The molecule has 2 aromatic heterocycles. The molecule has 0 fully saturated rings. The van der Waals surface area contributed by atoms with Crippen LogP contribution in [0, 0.1) is 5.82 Å². The van der Waals surface area contributed by atoms with E-state index < -0.39 is 0 Å². The van der Waals surface area contributed by atoms with E-state index in [1.807, 2.05) is 18.2 Å². The van der Waals surface area contributed by atoms with E-state index in [4.69, 9.17) is 5.10 Å². The Balaban J connectivity index is 1.58. The van der Waals surface area contributed by atoms with E-state index in [0.29, 0.717) is 6.42 Å². The highest BCUT2D eigenvalue weighted by atomic mass is 19.1. The van der Waals surface area contributed by atoms with Crippen LogP contribution < -0.4 is 0 Å². The fourth-order valence-corrected chi connectivity index (χ4v) is 4.44. The van der Waals surface area contributed by atoms with Crippen molar-refractivity contribution in [3.05, 3.63) is 95.7 Å². The van der Waals surface area contributed by atoms with Crippen LogP contribution in [0.5, 0.6) is 0 Å². The molecule has 0 aliphatic carbocycles. The molecule has 5 rings (SSSR count). The molecule has 4 aromatic rings. The summed E-state index contributed by atoms with van der Waals surface area (Å²) in [5.74, 6) is -0.199. The maximum absolute atomic E-state index is 13.6. The Hall–Kier alpha value is -3.64. The number of rotatable bonds is 6. The summed E-state index contributed by atoms with van der Waals surface area (Å²) in [6.45, 7) is 4.87. The molecule has 6 heteroatoms. The second kappa shape index (κ2) is 9.08. The van der Waals surface area contributed by atoms with Gasteiger partial charge in [0.2, 0.25) is 0 Å². The second-order valence-corrected chi connectivity index (χ2v) is 8.51. The monoisotopic (exact) mass is 440 g/mol. The van der Waals surface area contributed by atoms with E-state index in [-0.39, 0.29) is 11.6 Å². The normalized spacial score (nSPS) is 13.6. The number of ketones is 1. The van der Waals surface area contributed by atoms with Crippen molar-refractivity contribution in [3.8, 4) is 22.4 Å². The smallest absolute Gasteiger partial charge is 0.135 e. The number of halogens is 1. The first kappa shape index (κ1) is 21.2. The molecular weight excluding hydrogens is 415 g/mol. The van der Waals surface area contributed by atoms with Crippen LogP contribution in [0.15, 0.2) is 72.9 Å². The third-order valence-electron chi connectivity index (χ3n) is 5.96. The molecule has 0 unspecified atom stereocenters. The lowest BCUT2D eigenvalue weighted by molar-refractivity contribution is -0.116. The molecule has 5 nitrogen and oxygen atoms in total. The van der Waals surface area contributed by atoms with Gasteiger partial charge >= 0.3 is 0 Å². The molecule has 0 bridgehead atoms. The summed E-state index contributed by atoms with van der Waals surface area (Å²) in [5.41, 5.74) is 6.83. The third kappa shape index (κ3) is 4.61. The zero-order chi connectivity index (χ0) is 22.8. The first-order valence-electron chi connectivity index (χ1n) is 11.1. The number of carbonyl (C=O) groups excluding carboxylic acids is 1. The Kier molecular flexibility index (Phi) is 5.84. The Bertz CT molecular complexity index is 1280. The van der Waals surface area contributed by atoms with Gasteiger partial charge in [-0.3, -0.25) is 19.4 Å². The molecule has 1 aliphatic rings. The van der Waals surface area contributed by atoms with Gasteiger partial charge in [0.25, 0.3) is 0 Å². The van der Waals surface area contributed by atoms with Gasteiger partial charge in [-0.15, -0.1) is 0 Å². The number of nitrogens with zero attached hydrogens (tertiary/aromatic N) is 4. The molecule has 2 aromatic carbocycles. The summed E-state index contributed by atoms with van der Waals surface area (Å²) in [6, 6.07) is 20.9. The lowest BCUT2D eigenvalue weighted by Gasteiger charge is -2.28. The average molecular weight is 441 g/mol. The highest BCUT2D eigenvalue weighted by molar-refractivity contribution is 5.84. The first-order valence-corrected chi connectivity index (χ1v) is 11.1. The van der Waals surface area contributed by atoms with E-state index in [2.05, 4.69) is 38.8 Å². The molecule has 166 valence electrons. The van der Waals surface area contributed by atoms with Crippen molar-refractivity contribution in [3.63, 3.8) is 0 Å². The van der Waals surface area contributed by atoms with Crippen LogP contribution in [0.1, 0.15) is 23.9 Å². The number of Topliss-reactive ketones (excluding diaryl/α,β-unsaturated/α-hetero) is 1. The van der Waals surface area contributed by atoms with Gasteiger partial charge in [-0.05, 0) is 54.4 Å². The number of pyridine rings is 1. The fraction of sp³-hybridized carbons (Fsp3) is 0.222. The summed E-state index contributed by atoms with van der Waals surface area (Å²) in [5, 5.41) is 4.94. The zero-order valence-electron chi connectivity index (χ0n) is 18.5. The van der Waals surface area contributed by atoms with Crippen LogP contribution in [0.3, 0.4) is 0 Å². The van der Waals surface area contributed by atoms with Crippen LogP contribution in [0.2, 0.25) is 0 Å². The number of aromatic nitrogens is 3. The van der Waals surface area contributed by atoms with E-state index in [9.17, 15) is 9.18 Å². The van der Waals surface area contributed by atoms with Crippen LogP contribution >= 0.6 is 0 Å². The van der Waals surface area contributed by atoms with Crippen molar-refractivity contribution in [1.82, 2.24) is 19.7 Å². The van der Waals surface area contributed by atoms with Crippen molar-refractivity contribution >= 4 is 5.78 Å². The molecular formula is C27H25FN4O. The highest BCUT2D eigenvalue weighted by Gasteiger charge is 2.26. The molecule has 1 aliphatic heterocycles. The lowest BCUT2D eigenvalue weighted by Crippen LogP contribution is -2.33. The Morgan fingerprint density at radius 2 is 1.79 bits per heavy atom. The number of benzene rings is 2. The number of fused-ring (bicyclic) bond motifs is 1. The summed E-state index contributed by atoms with van der Waals surface area (Å²) < 4.78 is 15.7. The van der Waals surface area contributed by atoms with Gasteiger partial charge in [-0.25, -0.2) is 4.39 Å². The van der Waals surface area contributed by atoms with Crippen molar-refractivity contribution in [2.75, 3.05) is 6.54 Å². The molecule has 0 spiro atoms. The molecule has 33 heavy (non-hydrogen) atoms. The average Bonchev–Trinajstić information content (AvgIpc) is 3.19. The first-order chi connectivity index (χ1) is 16.1. The van der Waals surface area contributed by atoms with E-state index >= 15 is 0 Å². The molecule has 0 N–H and O–H groups in total. The Morgan fingerprint density at radius 1 is 1.00 bits per heavy atom. The SMILES string of the molecule is CC(=O)Cc1cc(-c2c(-c3ccc(F)cc3)nn3c2CN(Cc2ccccc2)CC3)ccn1. The summed E-state index contributed by atoms with van der Waals surface area (Å²) in [6.07, 6.45) is 2.04. The molecule has 0 radical (unpaired) electrons. The maximum Gasteiger partial charge on any atom is 0.135 e. The van der Waals surface area contributed by atoms with Crippen LogP contribution in [0.25, 0.3) is 22.4 Å². The van der Waals surface area contributed by atoms with Crippen molar-refractivity contribution < 1.29 is 9.18 Å². The van der Waals surface area contributed by atoms with E-state index in [1.54, 1.807) is 25.3 Å². The van der Waals surface area contributed by atoms with E-state index in [0.717, 1.165) is 60.0 Å². The van der Waals surface area contributed by atoms with Gasteiger partial charge < -0.3 is 0 Å². The van der Waals surface area contributed by atoms with Crippen LogP contribution in [-0.2, 0) is 30.8 Å². The largest absolute Gasteiger partial charge is 0.300 e. The highest BCUT2D eigenvalue weighted by Crippen LogP contribution is 2.37. The van der Waals surface area contributed by atoms with Crippen molar-refractivity contribution in [2.45, 2.75) is 33.0 Å². The van der Waals surface area contributed by atoms with Crippen LogP contribution in [-0.4, -0.2) is 32.0 Å². The van der Waals surface area contributed by atoms with Gasteiger partial charge in [0.1, 0.15) is 17.3 Å². The molecule has 3 heterocycles. The number of hydrogen-bond acceptors (Lipinski definition) is 4. The molecule has 0 saturated carbocycles. The van der Waals surface area contributed by atoms with Gasteiger partial charge in [0, 0.05) is 49.1 Å². The molecule has 0 amide bonds. The minimum atomic E-state index is -0.272. The van der Waals surface area contributed by atoms with Gasteiger partial charge in [-0.2, -0.15) is 5.10 Å². The third-order valence-corrected chi connectivity index (χ3v) is 5.96. The second-order valence-electron chi connectivity index (χ2n) is 8.51. The lowest BCUT2D eigenvalue weighted by atomic mass is 9.97. The summed E-state index contributed by atoms with van der Waals surface area (Å²) in [7, 11) is 0. The zero-order valence-corrected chi connectivity index (χ0v) is 18.5. The standard InChI is InChI=1S/C27H25FN4O/c1-19(33)15-24-16-22(11-12-29-24)26-25-18-31(17-20-5-3-2-4-6-20)13-14-32(25)30-27(26)21-7-9-23(28)10-8-21/h2-12,16H,13-15,17-18H2,1H3. The van der Waals surface area contributed by atoms with Gasteiger partial charge in [0.05, 0.1) is 12.2 Å². The van der Waals surface area contributed by atoms with Crippen molar-refractivity contribution in [2.24, 2.45) is 0 Å². The molecule has 0 saturated heterocycles. The Morgan fingerprint density at radius 3 is 2.55 bits per heavy atom. The minimum absolute atomic E-state index is 0.0736. The Labute approximate surface area is 192 Å². The predicted octanol–water partition coefficient (Wildman–Crippen LogP) is 4.90. The summed E-state index contributed by atoms with van der Waals surface area (Å²) in [4.78, 5) is 18.5. The predicted molar refractivity (Wildman–Crippen MR) is 126 cm³/mol. The van der Waals surface area contributed by atoms with E-state index in [1.165, 1.54) is 17.7 Å². The number of carbonyl (C=O) groups is 1.